The van der Waals surface area contributed by atoms with E-state index >= 15 is 0 Å². The van der Waals surface area contributed by atoms with Crippen LogP contribution in [0.1, 0.15) is 78.6 Å². The fourth-order valence-corrected chi connectivity index (χ4v) is 9.03. The van der Waals surface area contributed by atoms with Crippen LogP contribution < -0.4 is 6.15 Å². The number of quaternary nitrogens is 1. The lowest BCUT2D eigenvalue weighted by Gasteiger charge is -2.63. The Morgan fingerprint density at radius 1 is 1.18 bits per heavy atom. The minimum Gasteiger partial charge on any atom is -0.726 e. The van der Waals surface area contributed by atoms with E-state index in [0.717, 1.165) is 25.7 Å². The first-order valence-corrected chi connectivity index (χ1v) is 13.7. The fraction of sp³-hybridized carbons (Fsp3) is 0.958. The van der Waals surface area contributed by atoms with E-state index in [1.165, 1.54) is 0 Å². The molecule has 8 nitrogen and oxygen atoms in total. The van der Waals surface area contributed by atoms with Crippen molar-refractivity contribution >= 4 is 16.2 Å². The first-order valence-electron chi connectivity index (χ1n) is 12.4. The molecule has 0 radical (unpaired) electrons. The second-order valence-electron chi connectivity index (χ2n) is 11.7. The molecule has 6 N–H and O–H groups in total. The molecule has 4 aliphatic carbocycles. The van der Waals surface area contributed by atoms with E-state index in [9.17, 15) is 28.0 Å². The first-order chi connectivity index (χ1) is 14.9. The SMILES string of the molecule is C[C@H](CCCOS(=O)(=O)[O-])[C@H]1CC[C@H]2[C@@H]3[C@H](O)C[C@H]4CC(=O)CC[C@]4(C)[C@H]3C[C@H](O)[C@]12C.[NH4+]. The third kappa shape index (κ3) is 4.66. The molecule has 4 aliphatic rings. The maximum Gasteiger partial charge on any atom is 0.217 e. The van der Waals surface area contributed by atoms with E-state index in [1.54, 1.807) is 0 Å². The molecule has 4 rings (SSSR count). The van der Waals surface area contributed by atoms with Crippen molar-refractivity contribution in [3.63, 3.8) is 0 Å². The predicted molar refractivity (Wildman–Crippen MR) is 123 cm³/mol. The molecular weight excluding hydrogens is 446 g/mol. The van der Waals surface area contributed by atoms with Crippen LogP contribution in [0.25, 0.3) is 0 Å². The number of carbonyl (C=O) groups is 1. The van der Waals surface area contributed by atoms with E-state index in [-0.39, 0.29) is 59.1 Å². The number of aliphatic hydroxyl groups excluding tert-OH is 2. The van der Waals surface area contributed by atoms with Crippen LogP contribution in [0, 0.1) is 46.3 Å². The van der Waals surface area contributed by atoms with Crippen LogP contribution in [-0.4, -0.2) is 47.8 Å². The van der Waals surface area contributed by atoms with Gasteiger partial charge < -0.3 is 20.9 Å². The van der Waals surface area contributed by atoms with Gasteiger partial charge in [0.2, 0.25) is 10.4 Å². The lowest BCUT2D eigenvalue weighted by Crippen LogP contribution is -2.62. The number of rotatable bonds is 6. The highest BCUT2D eigenvalue weighted by Crippen LogP contribution is 2.68. The molecule has 0 bridgehead atoms. The lowest BCUT2D eigenvalue weighted by molar-refractivity contribution is -0.201. The summed E-state index contributed by atoms with van der Waals surface area (Å²) in [7, 11) is -4.66. The van der Waals surface area contributed by atoms with Gasteiger partial charge >= 0.3 is 0 Å². The van der Waals surface area contributed by atoms with Crippen LogP contribution in [-0.2, 0) is 19.4 Å². The molecule has 0 aromatic heterocycles. The van der Waals surface area contributed by atoms with Gasteiger partial charge in [-0.05, 0) is 91.3 Å². The average molecular weight is 490 g/mol. The third-order valence-electron chi connectivity index (χ3n) is 10.4. The summed E-state index contributed by atoms with van der Waals surface area (Å²) in [5.41, 5.74) is -0.286. The van der Waals surface area contributed by atoms with E-state index in [4.69, 9.17) is 0 Å². The van der Waals surface area contributed by atoms with E-state index in [0.29, 0.717) is 37.9 Å². The topological polar surface area (TPSA) is 160 Å². The van der Waals surface area contributed by atoms with Crippen molar-refractivity contribution in [1.29, 1.82) is 0 Å². The quantitative estimate of drug-likeness (QED) is 0.292. The zero-order valence-electron chi connectivity index (χ0n) is 20.5. The summed E-state index contributed by atoms with van der Waals surface area (Å²) >= 11 is 0. The summed E-state index contributed by atoms with van der Waals surface area (Å²) < 4.78 is 36.4. The number of ketones is 1. The summed E-state index contributed by atoms with van der Waals surface area (Å²) in [6, 6.07) is 0. The summed E-state index contributed by atoms with van der Waals surface area (Å²) in [5.74, 6) is 1.69. The van der Waals surface area contributed by atoms with Crippen LogP contribution in [0.4, 0.5) is 0 Å². The monoisotopic (exact) mass is 489 g/mol. The molecule has 0 aromatic carbocycles. The minimum absolute atomic E-state index is 0. The number of aliphatic hydroxyl groups is 2. The summed E-state index contributed by atoms with van der Waals surface area (Å²) in [5, 5.41) is 22.8. The van der Waals surface area contributed by atoms with Crippen molar-refractivity contribution in [2.24, 2.45) is 46.3 Å². The Morgan fingerprint density at radius 3 is 2.55 bits per heavy atom. The van der Waals surface area contributed by atoms with Gasteiger partial charge in [0.1, 0.15) is 5.78 Å². The van der Waals surface area contributed by atoms with Gasteiger partial charge in [-0.1, -0.05) is 20.8 Å². The van der Waals surface area contributed by atoms with Gasteiger partial charge in [0, 0.05) is 12.8 Å². The Labute approximate surface area is 198 Å². The van der Waals surface area contributed by atoms with Crippen molar-refractivity contribution in [3.05, 3.63) is 0 Å². The summed E-state index contributed by atoms with van der Waals surface area (Å²) in [4.78, 5) is 12.1. The van der Waals surface area contributed by atoms with Gasteiger partial charge in [-0.15, -0.1) is 0 Å². The summed E-state index contributed by atoms with van der Waals surface area (Å²) in [6.07, 6.45) is 5.70. The molecule has 33 heavy (non-hydrogen) atoms. The molecular formula is C24H43NO7S. The predicted octanol–water partition coefficient (Wildman–Crippen LogP) is 3.43. The third-order valence-corrected chi connectivity index (χ3v) is 10.9. The molecule has 0 aliphatic heterocycles. The number of hydrogen-bond acceptors (Lipinski definition) is 7. The molecule has 0 spiro atoms. The smallest absolute Gasteiger partial charge is 0.217 e. The molecule has 0 heterocycles. The van der Waals surface area contributed by atoms with Crippen molar-refractivity contribution in [2.45, 2.75) is 90.8 Å². The van der Waals surface area contributed by atoms with Crippen LogP contribution in [0.2, 0.25) is 0 Å². The van der Waals surface area contributed by atoms with Gasteiger partial charge in [0.05, 0.1) is 18.8 Å². The zero-order chi connectivity index (χ0) is 23.5. The van der Waals surface area contributed by atoms with Gasteiger partial charge in [0.25, 0.3) is 0 Å². The molecule has 9 heteroatoms. The van der Waals surface area contributed by atoms with E-state index in [1.807, 2.05) is 0 Å². The molecule has 10 atom stereocenters. The van der Waals surface area contributed by atoms with Crippen molar-refractivity contribution < 1.29 is 32.2 Å². The molecule has 4 saturated carbocycles. The maximum absolute atomic E-state index is 12.1. The maximum atomic E-state index is 12.1. The molecule has 0 aromatic rings. The molecule has 192 valence electrons. The zero-order valence-corrected chi connectivity index (χ0v) is 21.4. The molecule has 0 amide bonds. The fourth-order valence-electron chi connectivity index (χ4n) is 8.71. The second kappa shape index (κ2) is 9.47. The van der Waals surface area contributed by atoms with Gasteiger partial charge in [0.15, 0.2) is 0 Å². The molecule has 0 unspecified atom stereocenters. The van der Waals surface area contributed by atoms with Crippen molar-refractivity contribution in [1.82, 2.24) is 6.15 Å². The highest BCUT2D eigenvalue weighted by Gasteiger charge is 2.65. The van der Waals surface area contributed by atoms with Gasteiger partial charge in [-0.2, -0.15) is 0 Å². The Kier molecular flexibility index (Phi) is 7.75. The summed E-state index contributed by atoms with van der Waals surface area (Å²) in [6.45, 7) is 6.52. The number of carbonyl (C=O) groups excluding carboxylic acids is 1. The highest BCUT2D eigenvalue weighted by molar-refractivity contribution is 7.80. The number of Topliss-reactive ketones (excluding diaryl/α,β-unsaturated/α-hetero) is 1. The number of fused-ring (bicyclic) bond motifs is 5. The van der Waals surface area contributed by atoms with Crippen molar-refractivity contribution in [2.75, 3.05) is 6.61 Å². The van der Waals surface area contributed by atoms with Gasteiger partial charge in [-0.3, -0.25) is 8.98 Å². The first kappa shape index (κ1) is 27.0. The van der Waals surface area contributed by atoms with Crippen LogP contribution in [0.15, 0.2) is 0 Å². The van der Waals surface area contributed by atoms with Crippen LogP contribution in [0.5, 0.6) is 0 Å². The standard InChI is InChI=1S/C24H40O7S.H3N/c1-14(5-4-10-31-32(28,29)30)17-6-7-18-22-19(13-21(27)24(17,18)3)23(2)9-8-16(25)11-15(23)12-20(22)26;/h14-15,17-22,26-27H,4-13H2,1-3H3,(H,28,29,30);1H3/t14-,15-,17-,18+,19+,20-,21+,22+,23+,24-;/m1./s1. The highest BCUT2D eigenvalue weighted by atomic mass is 32.3. The Morgan fingerprint density at radius 2 is 1.88 bits per heavy atom. The largest absolute Gasteiger partial charge is 0.726 e. The van der Waals surface area contributed by atoms with Crippen molar-refractivity contribution in [3.8, 4) is 0 Å². The Hall–Kier alpha value is -0.580. The van der Waals surface area contributed by atoms with Gasteiger partial charge in [-0.25, -0.2) is 8.42 Å². The van der Waals surface area contributed by atoms with Crippen LogP contribution in [0.3, 0.4) is 0 Å². The molecule has 0 saturated heterocycles. The Balaban J connectivity index is 0.00000306. The lowest BCUT2D eigenvalue weighted by atomic mass is 9.43. The average Bonchev–Trinajstić information content (AvgIpc) is 3.05. The number of hydrogen-bond donors (Lipinski definition) is 3. The Bertz CT molecular complexity index is 835. The van der Waals surface area contributed by atoms with Crippen LogP contribution >= 0.6 is 0 Å². The second-order valence-corrected chi connectivity index (χ2v) is 12.7. The molecule has 4 fully saturated rings. The minimum atomic E-state index is -4.66. The normalized spacial score (nSPS) is 46.0. The van der Waals surface area contributed by atoms with E-state index in [2.05, 4.69) is 25.0 Å². The van der Waals surface area contributed by atoms with E-state index < -0.39 is 22.6 Å².